The second-order valence-electron chi connectivity index (χ2n) is 6.15. The van der Waals surface area contributed by atoms with Gasteiger partial charge in [0.05, 0.1) is 17.6 Å². The van der Waals surface area contributed by atoms with Gasteiger partial charge in [0.15, 0.2) is 0 Å². The van der Waals surface area contributed by atoms with Crippen molar-refractivity contribution in [1.82, 2.24) is 9.78 Å². The molecule has 0 bridgehead atoms. The molecule has 1 aromatic heterocycles. The maximum absolute atomic E-state index is 9.29. The van der Waals surface area contributed by atoms with Crippen LogP contribution in [0.3, 0.4) is 0 Å². The first-order valence-electron chi connectivity index (χ1n) is 8.02. The molecule has 5 nitrogen and oxygen atoms in total. The Labute approximate surface area is 141 Å². The zero-order valence-electron chi connectivity index (χ0n) is 13.4. The van der Waals surface area contributed by atoms with E-state index >= 15 is 0 Å². The topological polar surface area (TPSA) is 53.3 Å². The minimum absolute atomic E-state index is 0.292. The molecule has 0 radical (unpaired) electrons. The first kappa shape index (κ1) is 16.1. The summed E-state index contributed by atoms with van der Waals surface area (Å²) in [5.74, 6) is 0.436. The molecule has 23 heavy (non-hydrogen) atoms. The summed E-state index contributed by atoms with van der Waals surface area (Å²) in [6.45, 7) is 2.94. The van der Waals surface area contributed by atoms with Crippen molar-refractivity contribution in [3.8, 4) is 0 Å². The minimum Gasteiger partial charge on any atom is -0.396 e. The summed E-state index contributed by atoms with van der Waals surface area (Å²) >= 11 is 6.18. The molecule has 0 unspecified atom stereocenters. The molecule has 1 aliphatic rings. The third-order valence-corrected chi connectivity index (χ3v) is 4.65. The maximum atomic E-state index is 9.29. The highest BCUT2D eigenvalue weighted by Gasteiger charge is 2.20. The lowest BCUT2D eigenvalue weighted by molar-refractivity contribution is 0.203. The van der Waals surface area contributed by atoms with Crippen molar-refractivity contribution >= 4 is 23.0 Å². The summed E-state index contributed by atoms with van der Waals surface area (Å²) in [4.78, 5) is 2.37. The number of aliphatic hydroxyl groups excluding tert-OH is 1. The van der Waals surface area contributed by atoms with Gasteiger partial charge >= 0.3 is 0 Å². The van der Waals surface area contributed by atoms with Crippen LogP contribution in [0, 0.1) is 5.92 Å². The van der Waals surface area contributed by atoms with Crippen LogP contribution in [-0.4, -0.2) is 34.6 Å². The zero-order chi connectivity index (χ0) is 16.2. The van der Waals surface area contributed by atoms with Crippen LogP contribution < -0.4 is 10.2 Å². The van der Waals surface area contributed by atoms with Crippen molar-refractivity contribution in [2.45, 2.75) is 19.4 Å². The van der Waals surface area contributed by atoms with Gasteiger partial charge in [0, 0.05) is 50.1 Å². The average molecular weight is 335 g/mol. The highest BCUT2D eigenvalue weighted by Crippen LogP contribution is 2.32. The van der Waals surface area contributed by atoms with E-state index in [4.69, 9.17) is 11.6 Å². The Morgan fingerprint density at radius 3 is 2.78 bits per heavy atom. The predicted octanol–water partition coefficient (Wildman–Crippen LogP) is 2.89. The van der Waals surface area contributed by atoms with Crippen LogP contribution in [0.25, 0.3) is 0 Å². The van der Waals surface area contributed by atoms with Crippen LogP contribution >= 0.6 is 11.6 Å². The fourth-order valence-electron chi connectivity index (χ4n) is 3.04. The molecule has 1 aliphatic heterocycles. The van der Waals surface area contributed by atoms with Gasteiger partial charge in [-0.2, -0.15) is 5.10 Å². The lowest BCUT2D eigenvalue weighted by atomic mass is 9.97. The number of aromatic nitrogens is 2. The summed E-state index contributed by atoms with van der Waals surface area (Å²) in [5.41, 5.74) is 3.36. The Kier molecular flexibility index (Phi) is 5.08. The number of rotatable bonds is 5. The highest BCUT2D eigenvalue weighted by atomic mass is 35.5. The van der Waals surface area contributed by atoms with Gasteiger partial charge in [0.1, 0.15) is 0 Å². The Morgan fingerprint density at radius 2 is 2.13 bits per heavy atom. The average Bonchev–Trinajstić information content (AvgIpc) is 2.99. The minimum atomic E-state index is 0.292. The number of halogens is 1. The number of benzene rings is 1. The van der Waals surface area contributed by atoms with E-state index in [0.717, 1.165) is 42.2 Å². The number of nitrogens with one attached hydrogen (secondary N) is 1. The lowest BCUT2D eigenvalue weighted by Gasteiger charge is -2.34. The largest absolute Gasteiger partial charge is 0.396 e. The Bertz CT molecular complexity index is 650. The van der Waals surface area contributed by atoms with Crippen molar-refractivity contribution < 1.29 is 5.11 Å². The maximum Gasteiger partial charge on any atom is 0.0603 e. The van der Waals surface area contributed by atoms with Gasteiger partial charge < -0.3 is 15.3 Å². The highest BCUT2D eigenvalue weighted by molar-refractivity contribution is 6.31. The molecule has 0 saturated carbocycles. The molecule has 0 spiro atoms. The van der Waals surface area contributed by atoms with Gasteiger partial charge in [-0.25, -0.2) is 0 Å². The van der Waals surface area contributed by atoms with E-state index < -0.39 is 0 Å². The third-order valence-electron chi connectivity index (χ3n) is 4.41. The molecule has 2 N–H and O–H groups in total. The van der Waals surface area contributed by atoms with Gasteiger partial charge in [-0.05, 0) is 37.0 Å². The van der Waals surface area contributed by atoms with E-state index in [2.05, 4.69) is 21.4 Å². The molecule has 2 heterocycles. The number of anilines is 2. The monoisotopic (exact) mass is 334 g/mol. The van der Waals surface area contributed by atoms with E-state index in [1.165, 1.54) is 5.69 Å². The van der Waals surface area contributed by atoms with E-state index in [0.29, 0.717) is 19.1 Å². The van der Waals surface area contributed by atoms with E-state index in [9.17, 15) is 5.11 Å². The summed E-state index contributed by atoms with van der Waals surface area (Å²) < 4.78 is 1.80. The number of aliphatic hydroxyl groups is 1. The first-order valence-corrected chi connectivity index (χ1v) is 8.40. The second-order valence-corrected chi connectivity index (χ2v) is 6.59. The van der Waals surface area contributed by atoms with Gasteiger partial charge in [-0.15, -0.1) is 0 Å². The van der Waals surface area contributed by atoms with Gasteiger partial charge in [-0.3, -0.25) is 4.68 Å². The molecule has 0 atom stereocenters. The van der Waals surface area contributed by atoms with E-state index in [-0.39, 0.29) is 0 Å². The fourth-order valence-corrected chi connectivity index (χ4v) is 3.21. The molecule has 124 valence electrons. The molecular weight excluding hydrogens is 312 g/mol. The van der Waals surface area contributed by atoms with Crippen LogP contribution in [0.1, 0.15) is 18.4 Å². The third kappa shape index (κ3) is 3.98. The molecule has 0 aliphatic carbocycles. The lowest BCUT2D eigenvalue weighted by Crippen LogP contribution is -2.35. The van der Waals surface area contributed by atoms with Crippen molar-refractivity contribution in [2.75, 3.05) is 29.9 Å². The Morgan fingerprint density at radius 1 is 1.35 bits per heavy atom. The van der Waals surface area contributed by atoms with Crippen molar-refractivity contribution in [2.24, 2.45) is 13.0 Å². The smallest absolute Gasteiger partial charge is 0.0603 e. The molecular formula is C17H23ClN4O. The molecule has 3 rings (SSSR count). The molecule has 1 saturated heterocycles. The van der Waals surface area contributed by atoms with Crippen LogP contribution in [-0.2, 0) is 13.6 Å². The van der Waals surface area contributed by atoms with E-state index in [1.807, 2.05) is 31.6 Å². The van der Waals surface area contributed by atoms with Crippen LogP contribution in [0.2, 0.25) is 5.02 Å². The summed E-state index contributed by atoms with van der Waals surface area (Å²) in [6, 6.07) is 5.99. The van der Waals surface area contributed by atoms with Crippen LogP contribution in [0.4, 0.5) is 11.4 Å². The molecule has 0 amide bonds. The zero-order valence-corrected chi connectivity index (χ0v) is 14.1. The molecule has 2 aromatic rings. The Hall–Kier alpha value is -1.72. The van der Waals surface area contributed by atoms with Crippen LogP contribution in [0.5, 0.6) is 0 Å². The van der Waals surface area contributed by atoms with Gasteiger partial charge in [-0.1, -0.05) is 11.6 Å². The standard InChI is InChI=1S/C17H23ClN4O/c1-21-11-14(10-20-21)9-19-16-8-15(18)2-3-17(16)22-6-4-13(12-23)5-7-22/h2-3,8,10-11,13,19,23H,4-7,9,12H2,1H3. The number of hydrogen-bond acceptors (Lipinski definition) is 4. The Balaban J connectivity index is 1.72. The normalized spacial score (nSPS) is 15.9. The summed E-state index contributed by atoms with van der Waals surface area (Å²) in [6.07, 6.45) is 5.93. The van der Waals surface area contributed by atoms with Crippen molar-refractivity contribution in [3.63, 3.8) is 0 Å². The van der Waals surface area contributed by atoms with Crippen molar-refractivity contribution in [1.29, 1.82) is 0 Å². The quantitative estimate of drug-likeness (QED) is 0.882. The summed E-state index contributed by atoms with van der Waals surface area (Å²) in [5, 5.41) is 17.7. The molecule has 6 heteroatoms. The number of aryl methyl sites for hydroxylation is 1. The van der Waals surface area contributed by atoms with E-state index in [1.54, 1.807) is 4.68 Å². The summed E-state index contributed by atoms with van der Waals surface area (Å²) in [7, 11) is 1.92. The molecule has 1 aromatic carbocycles. The second kappa shape index (κ2) is 7.23. The van der Waals surface area contributed by atoms with Gasteiger partial charge in [0.25, 0.3) is 0 Å². The SMILES string of the molecule is Cn1cc(CNc2cc(Cl)ccc2N2CCC(CO)CC2)cn1. The molecule has 1 fully saturated rings. The fraction of sp³-hybridized carbons (Fsp3) is 0.471. The number of piperidine rings is 1. The van der Waals surface area contributed by atoms with Crippen LogP contribution in [0.15, 0.2) is 30.6 Å². The predicted molar refractivity (Wildman–Crippen MR) is 94.0 cm³/mol. The first-order chi connectivity index (χ1) is 11.2. The van der Waals surface area contributed by atoms with Crippen molar-refractivity contribution in [3.05, 3.63) is 41.2 Å². The van der Waals surface area contributed by atoms with Gasteiger partial charge in [0.2, 0.25) is 0 Å². The number of hydrogen-bond donors (Lipinski definition) is 2. The number of nitrogens with zero attached hydrogens (tertiary/aromatic N) is 3.